The van der Waals surface area contributed by atoms with Crippen LogP contribution >= 0.6 is 11.3 Å². The first-order chi connectivity index (χ1) is 15.8. The average Bonchev–Trinajstić information content (AvgIpc) is 3.24. The van der Waals surface area contributed by atoms with Crippen LogP contribution in [0.3, 0.4) is 0 Å². The van der Waals surface area contributed by atoms with E-state index in [1.807, 2.05) is 17.4 Å². The molecule has 0 spiro atoms. The van der Waals surface area contributed by atoms with Gasteiger partial charge in [-0.3, -0.25) is 0 Å². The Morgan fingerprint density at radius 1 is 0.469 bits per heavy atom. The summed E-state index contributed by atoms with van der Waals surface area (Å²) in [6, 6.07) is 43.1. The highest BCUT2D eigenvalue weighted by atomic mass is 32.1. The van der Waals surface area contributed by atoms with Gasteiger partial charge in [-0.05, 0) is 52.6 Å². The highest BCUT2D eigenvalue weighted by Crippen LogP contribution is 2.40. The highest BCUT2D eigenvalue weighted by molar-refractivity contribution is 7.26. The molecule has 0 amide bonds. The van der Waals surface area contributed by atoms with Gasteiger partial charge in [0.2, 0.25) is 0 Å². The zero-order valence-corrected chi connectivity index (χ0v) is 18.3. The van der Waals surface area contributed by atoms with Gasteiger partial charge in [-0.2, -0.15) is 0 Å². The van der Waals surface area contributed by atoms with Crippen LogP contribution < -0.4 is 5.32 Å². The summed E-state index contributed by atoms with van der Waals surface area (Å²) in [5.41, 5.74) is 7.15. The minimum atomic E-state index is 1.09. The molecule has 152 valence electrons. The van der Waals surface area contributed by atoms with Crippen LogP contribution in [0.25, 0.3) is 42.4 Å². The maximum Gasteiger partial charge on any atom is 0.0433 e. The number of anilines is 2. The first-order valence-corrected chi connectivity index (χ1v) is 11.6. The topological polar surface area (TPSA) is 12.0 Å². The fraction of sp³-hybridized carbons (Fsp3) is 0. The molecule has 0 bridgehead atoms. The molecule has 1 aromatic heterocycles. The number of nitrogens with one attached hydrogen (secondary N) is 1. The molecule has 1 heterocycles. The van der Waals surface area contributed by atoms with Crippen molar-refractivity contribution in [2.45, 2.75) is 0 Å². The number of hydrogen-bond donors (Lipinski definition) is 1. The number of thiophene rings is 1. The zero-order valence-electron chi connectivity index (χ0n) is 17.5. The van der Waals surface area contributed by atoms with Crippen molar-refractivity contribution in [1.82, 2.24) is 0 Å². The van der Waals surface area contributed by atoms with Crippen molar-refractivity contribution in [1.29, 1.82) is 0 Å². The molecule has 0 aliphatic rings. The lowest BCUT2D eigenvalue weighted by molar-refractivity contribution is 1.54. The van der Waals surface area contributed by atoms with E-state index in [4.69, 9.17) is 0 Å². The van der Waals surface area contributed by atoms with E-state index < -0.39 is 0 Å². The van der Waals surface area contributed by atoms with E-state index in [0.29, 0.717) is 0 Å². The van der Waals surface area contributed by atoms with Crippen LogP contribution in [0.1, 0.15) is 0 Å². The van der Waals surface area contributed by atoms with Gasteiger partial charge in [0.05, 0.1) is 0 Å². The molecule has 5 aromatic carbocycles. The second-order valence-electron chi connectivity index (χ2n) is 7.93. The normalized spacial score (nSPS) is 11.1. The molecular weight excluding hydrogens is 406 g/mol. The Morgan fingerprint density at radius 2 is 1.16 bits per heavy atom. The summed E-state index contributed by atoms with van der Waals surface area (Å²) < 4.78 is 2.68. The Morgan fingerprint density at radius 3 is 2.03 bits per heavy atom. The molecule has 2 heteroatoms. The van der Waals surface area contributed by atoms with Gasteiger partial charge in [0.25, 0.3) is 0 Å². The minimum absolute atomic E-state index is 1.09. The van der Waals surface area contributed by atoms with Crippen molar-refractivity contribution in [3.8, 4) is 22.3 Å². The molecule has 32 heavy (non-hydrogen) atoms. The summed E-state index contributed by atoms with van der Waals surface area (Å²) in [6.07, 6.45) is 0. The van der Waals surface area contributed by atoms with Crippen molar-refractivity contribution in [2.75, 3.05) is 5.32 Å². The molecule has 0 aliphatic heterocycles. The van der Waals surface area contributed by atoms with Gasteiger partial charge in [0.1, 0.15) is 0 Å². The molecule has 0 saturated carbocycles. The first kappa shape index (κ1) is 18.9. The van der Waals surface area contributed by atoms with E-state index >= 15 is 0 Å². The quantitative estimate of drug-likeness (QED) is 0.296. The summed E-state index contributed by atoms with van der Waals surface area (Å²) in [5, 5.41) is 6.24. The van der Waals surface area contributed by atoms with Gasteiger partial charge in [-0.25, -0.2) is 0 Å². The van der Waals surface area contributed by atoms with E-state index in [2.05, 4.69) is 121 Å². The maximum absolute atomic E-state index is 3.57. The predicted octanol–water partition coefficient (Wildman–Crippen LogP) is 9.13. The molecule has 1 nitrogen and oxygen atoms in total. The molecule has 0 fully saturated rings. The third-order valence-corrected chi connectivity index (χ3v) is 7.08. The Kier molecular flexibility index (Phi) is 4.71. The molecule has 0 aliphatic carbocycles. The third kappa shape index (κ3) is 3.45. The van der Waals surface area contributed by atoms with E-state index in [1.165, 1.54) is 42.4 Å². The SMILES string of the molecule is c1ccc(-c2ccc(Nc3cccc(-c4cccc5c4sc4ccccc45)c3)cc2)cc1. The monoisotopic (exact) mass is 427 g/mol. The number of benzene rings is 5. The van der Waals surface area contributed by atoms with Crippen molar-refractivity contribution in [3.05, 3.63) is 121 Å². The van der Waals surface area contributed by atoms with Crippen molar-refractivity contribution in [3.63, 3.8) is 0 Å². The van der Waals surface area contributed by atoms with Gasteiger partial charge >= 0.3 is 0 Å². The van der Waals surface area contributed by atoms with Gasteiger partial charge in [0, 0.05) is 31.5 Å². The lowest BCUT2D eigenvalue weighted by atomic mass is 10.0. The molecule has 0 radical (unpaired) electrons. The first-order valence-electron chi connectivity index (χ1n) is 10.8. The Labute approximate surface area is 191 Å². The van der Waals surface area contributed by atoms with Gasteiger partial charge < -0.3 is 5.32 Å². The van der Waals surface area contributed by atoms with E-state index in [1.54, 1.807) is 0 Å². The number of fused-ring (bicyclic) bond motifs is 3. The van der Waals surface area contributed by atoms with Crippen LogP contribution in [0.15, 0.2) is 121 Å². The van der Waals surface area contributed by atoms with Gasteiger partial charge in [-0.15, -0.1) is 11.3 Å². The number of hydrogen-bond acceptors (Lipinski definition) is 2. The van der Waals surface area contributed by atoms with Crippen LogP contribution in [0.5, 0.6) is 0 Å². The van der Waals surface area contributed by atoms with Crippen LogP contribution in [-0.4, -0.2) is 0 Å². The smallest absolute Gasteiger partial charge is 0.0433 e. The average molecular weight is 428 g/mol. The van der Waals surface area contributed by atoms with Gasteiger partial charge in [-0.1, -0.05) is 91.0 Å². The summed E-state index contributed by atoms with van der Waals surface area (Å²) in [6.45, 7) is 0. The molecule has 0 atom stereocenters. The predicted molar refractivity (Wildman–Crippen MR) is 140 cm³/mol. The third-order valence-electron chi connectivity index (χ3n) is 5.86. The maximum atomic E-state index is 3.57. The van der Waals surface area contributed by atoms with Crippen molar-refractivity contribution in [2.24, 2.45) is 0 Å². The summed E-state index contributed by atoms with van der Waals surface area (Å²) in [7, 11) is 0. The van der Waals surface area contributed by atoms with Crippen molar-refractivity contribution >= 4 is 42.9 Å². The minimum Gasteiger partial charge on any atom is -0.356 e. The molecule has 6 aromatic rings. The van der Waals surface area contributed by atoms with E-state index in [-0.39, 0.29) is 0 Å². The lowest BCUT2D eigenvalue weighted by Crippen LogP contribution is -1.91. The van der Waals surface area contributed by atoms with Crippen LogP contribution in [0, 0.1) is 0 Å². The van der Waals surface area contributed by atoms with Crippen LogP contribution in [0.4, 0.5) is 11.4 Å². The second kappa shape index (κ2) is 7.99. The zero-order chi connectivity index (χ0) is 21.3. The van der Waals surface area contributed by atoms with Gasteiger partial charge in [0.15, 0.2) is 0 Å². The summed E-state index contributed by atoms with van der Waals surface area (Å²) in [5.74, 6) is 0. The molecule has 0 unspecified atom stereocenters. The molecule has 0 saturated heterocycles. The standard InChI is InChI=1S/C30H21NS/c1-2-8-21(9-3-1)22-16-18-24(19-17-22)31-25-11-6-10-23(20-25)26-13-7-14-28-27-12-4-5-15-29(27)32-30(26)28/h1-20,31H. The largest absolute Gasteiger partial charge is 0.356 e. The second-order valence-corrected chi connectivity index (χ2v) is 8.98. The molecule has 6 rings (SSSR count). The highest BCUT2D eigenvalue weighted by Gasteiger charge is 2.10. The van der Waals surface area contributed by atoms with E-state index in [0.717, 1.165) is 11.4 Å². The fourth-order valence-electron chi connectivity index (χ4n) is 4.28. The fourth-order valence-corrected chi connectivity index (χ4v) is 5.52. The van der Waals surface area contributed by atoms with Crippen LogP contribution in [-0.2, 0) is 0 Å². The Balaban J connectivity index is 1.33. The lowest BCUT2D eigenvalue weighted by Gasteiger charge is -2.10. The summed E-state index contributed by atoms with van der Waals surface area (Å²) >= 11 is 1.87. The van der Waals surface area contributed by atoms with E-state index in [9.17, 15) is 0 Å². The Bertz CT molecular complexity index is 1530. The summed E-state index contributed by atoms with van der Waals surface area (Å²) in [4.78, 5) is 0. The van der Waals surface area contributed by atoms with Crippen LogP contribution in [0.2, 0.25) is 0 Å². The molecule has 1 N–H and O–H groups in total. The number of rotatable bonds is 4. The van der Waals surface area contributed by atoms with Crippen molar-refractivity contribution < 1.29 is 0 Å². The Hall–Kier alpha value is -3.88. The molecular formula is C30H21NS.